The Bertz CT molecular complexity index is 426. The van der Waals surface area contributed by atoms with Crippen molar-refractivity contribution in [3.8, 4) is 0 Å². The Balaban J connectivity index is 2.32. The molecule has 0 radical (unpaired) electrons. The van der Waals surface area contributed by atoms with E-state index in [9.17, 15) is 0 Å². The molecule has 0 amide bonds. The van der Waals surface area contributed by atoms with Gasteiger partial charge in [-0.2, -0.15) is 0 Å². The molecule has 0 bridgehead atoms. The predicted octanol–water partition coefficient (Wildman–Crippen LogP) is 2.07. The van der Waals surface area contributed by atoms with Crippen LogP contribution in [-0.4, -0.2) is 9.97 Å². The number of nitrogens with two attached hydrogens (primary N) is 1. The molecule has 0 fully saturated rings. The van der Waals surface area contributed by atoms with E-state index in [2.05, 4.69) is 9.97 Å². The van der Waals surface area contributed by atoms with E-state index in [0.29, 0.717) is 0 Å². The Kier molecular flexibility index (Phi) is 2.56. The molecule has 2 rings (SSSR count). The number of hydrogen-bond donors (Lipinski definition) is 2. The van der Waals surface area contributed by atoms with Crippen LogP contribution in [0.4, 0.5) is 0 Å². The molecule has 1 aromatic carbocycles. The second-order valence-electron chi connectivity index (χ2n) is 3.72. The number of benzene rings is 1. The summed E-state index contributed by atoms with van der Waals surface area (Å²) in [5.74, 6) is 0.830. The minimum atomic E-state index is -0.168. The van der Waals surface area contributed by atoms with E-state index in [1.807, 2.05) is 44.2 Å². The van der Waals surface area contributed by atoms with Crippen molar-refractivity contribution in [3.05, 3.63) is 53.1 Å². The standard InChI is InChI=1S/C12H15N3/c1-8-9(2)15-12(14-8)11(13)10-6-4-3-5-7-10/h3-7,11H,13H2,1-2H3,(H,14,15)/t11-/m1/s1. The molecule has 0 aliphatic carbocycles. The van der Waals surface area contributed by atoms with Crippen LogP contribution in [0, 0.1) is 13.8 Å². The highest BCUT2D eigenvalue weighted by Gasteiger charge is 2.12. The quantitative estimate of drug-likeness (QED) is 0.781. The summed E-state index contributed by atoms with van der Waals surface area (Å²) in [4.78, 5) is 7.61. The monoisotopic (exact) mass is 201 g/mol. The number of H-pyrrole nitrogens is 1. The van der Waals surface area contributed by atoms with Crippen molar-refractivity contribution in [3.63, 3.8) is 0 Å². The smallest absolute Gasteiger partial charge is 0.128 e. The molecule has 78 valence electrons. The largest absolute Gasteiger partial charge is 0.344 e. The summed E-state index contributed by atoms with van der Waals surface area (Å²) in [6.07, 6.45) is 0. The Hall–Kier alpha value is -1.61. The van der Waals surface area contributed by atoms with Gasteiger partial charge in [0.2, 0.25) is 0 Å². The molecule has 0 saturated heterocycles. The molecule has 3 heteroatoms. The van der Waals surface area contributed by atoms with E-state index in [0.717, 1.165) is 22.8 Å². The van der Waals surface area contributed by atoms with Crippen LogP contribution in [0.5, 0.6) is 0 Å². The van der Waals surface area contributed by atoms with Crippen LogP contribution < -0.4 is 5.73 Å². The zero-order valence-electron chi connectivity index (χ0n) is 8.99. The Morgan fingerprint density at radius 3 is 2.40 bits per heavy atom. The minimum absolute atomic E-state index is 0.168. The number of rotatable bonds is 2. The van der Waals surface area contributed by atoms with Gasteiger partial charge in [0.25, 0.3) is 0 Å². The van der Waals surface area contributed by atoms with Crippen molar-refractivity contribution < 1.29 is 0 Å². The van der Waals surface area contributed by atoms with E-state index in [-0.39, 0.29) is 6.04 Å². The first kappa shape index (κ1) is 9.93. The maximum Gasteiger partial charge on any atom is 0.128 e. The number of nitrogens with one attached hydrogen (secondary N) is 1. The normalized spacial score (nSPS) is 12.7. The first-order valence-electron chi connectivity index (χ1n) is 5.02. The first-order chi connectivity index (χ1) is 7.18. The summed E-state index contributed by atoms with van der Waals surface area (Å²) in [5, 5.41) is 0. The lowest BCUT2D eigenvalue weighted by molar-refractivity contribution is 0.797. The average Bonchev–Trinajstić information content (AvgIpc) is 2.59. The van der Waals surface area contributed by atoms with Crippen LogP contribution in [0.1, 0.15) is 28.8 Å². The Labute approximate surface area is 89.4 Å². The molecule has 1 atom stereocenters. The summed E-state index contributed by atoms with van der Waals surface area (Å²) in [5.41, 5.74) is 9.27. The van der Waals surface area contributed by atoms with Crippen molar-refractivity contribution in [1.82, 2.24) is 9.97 Å². The van der Waals surface area contributed by atoms with Gasteiger partial charge in [-0.05, 0) is 19.4 Å². The number of aromatic nitrogens is 2. The van der Waals surface area contributed by atoms with Gasteiger partial charge in [0.1, 0.15) is 5.82 Å². The molecule has 0 aliphatic rings. The molecule has 1 aromatic heterocycles. The summed E-state index contributed by atoms with van der Waals surface area (Å²) in [7, 11) is 0. The van der Waals surface area contributed by atoms with Crippen LogP contribution in [0.15, 0.2) is 30.3 Å². The molecule has 1 heterocycles. The van der Waals surface area contributed by atoms with Gasteiger partial charge >= 0.3 is 0 Å². The number of nitrogens with zero attached hydrogens (tertiary/aromatic N) is 1. The molecule has 15 heavy (non-hydrogen) atoms. The second kappa shape index (κ2) is 3.87. The van der Waals surface area contributed by atoms with Gasteiger partial charge in [0.05, 0.1) is 11.7 Å². The van der Waals surface area contributed by atoms with Crippen LogP contribution in [-0.2, 0) is 0 Å². The topological polar surface area (TPSA) is 54.7 Å². The van der Waals surface area contributed by atoms with Crippen LogP contribution in [0.25, 0.3) is 0 Å². The third-order valence-corrected chi connectivity index (χ3v) is 2.60. The highest BCUT2D eigenvalue weighted by atomic mass is 15.0. The van der Waals surface area contributed by atoms with Crippen LogP contribution in [0.2, 0.25) is 0 Å². The van der Waals surface area contributed by atoms with E-state index in [4.69, 9.17) is 5.73 Å². The highest BCUT2D eigenvalue weighted by Crippen LogP contribution is 2.17. The molecule has 3 nitrogen and oxygen atoms in total. The van der Waals surface area contributed by atoms with E-state index in [1.54, 1.807) is 0 Å². The lowest BCUT2D eigenvalue weighted by atomic mass is 10.1. The van der Waals surface area contributed by atoms with Crippen LogP contribution >= 0.6 is 0 Å². The second-order valence-corrected chi connectivity index (χ2v) is 3.72. The third kappa shape index (κ3) is 1.92. The van der Waals surface area contributed by atoms with Crippen molar-refractivity contribution in [2.45, 2.75) is 19.9 Å². The number of aromatic amines is 1. The molecule has 3 N–H and O–H groups in total. The van der Waals surface area contributed by atoms with Gasteiger partial charge in [-0.15, -0.1) is 0 Å². The zero-order valence-corrected chi connectivity index (χ0v) is 8.99. The molecular weight excluding hydrogens is 186 g/mol. The van der Waals surface area contributed by atoms with Crippen molar-refractivity contribution in [2.75, 3.05) is 0 Å². The SMILES string of the molecule is Cc1nc([C@H](N)c2ccccc2)[nH]c1C. The lowest BCUT2D eigenvalue weighted by Crippen LogP contribution is -2.13. The van der Waals surface area contributed by atoms with Crippen molar-refractivity contribution >= 4 is 0 Å². The maximum absolute atomic E-state index is 6.10. The van der Waals surface area contributed by atoms with E-state index < -0.39 is 0 Å². The third-order valence-electron chi connectivity index (χ3n) is 2.60. The fraction of sp³-hybridized carbons (Fsp3) is 0.250. The Morgan fingerprint density at radius 1 is 1.20 bits per heavy atom. The van der Waals surface area contributed by atoms with Gasteiger partial charge in [-0.3, -0.25) is 0 Å². The minimum Gasteiger partial charge on any atom is -0.344 e. The van der Waals surface area contributed by atoms with Gasteiger partial charge < -0.3 is 10.7 Å². The van der Waals surface area contributed by atoms with Gasteiger partial charge in [0.15, 0.2) is 0 Å². The predicted molar refractivity (Wildman–Crippen MR) is 60.5 cm³/mol. The molecule has 0 unspecified atom stereocenters. The molecule has 0 saturated carbocycles. The fourth-order valence-corrected chi connectivity index (χ4v) is 1.54. The van der Waals surface area contributed by atoms with Crippen molar-refractivity contribution in [1.29, 1.82) is 0 Å². The maximum atomic E-state index is 6.10. The number of hydrogen-bond acceptors (Lipinski definition) is 2. The molecule has 0 spiro atoms. The summed E-state index contributed by atoms with van der Waals surface area (Å²) in [6.45, 7) is 3.98. The van der Waals surface area contributed by atoms with Gasteiger partial charge in [-0.1, -0.05) is 30.3 Å². The molecule has 0 aliphatic heterocycles. The average molecular weight is 201 g/mol. The molecule has 2 aromatic rings. The summed E-state index contributed by atoms with van der Waals surface area (Å²) < 4.78 is 0. The molecular formula is C12H15N3. The summed E-state index contributed by atoms with van der Waals surface area (Å²) in [6, 6.07) is 9.80. The van der Waals surface area contributed by atoms with Crippen molar-refractivity contribution in [2.24, 2.45) is 5.73 Å². The van der Waals surface area contributed by atoms with E-state index in [1.165, 1.54) is 0 Å². The fourth-order valence-electron chi connectivity index (χ4n) is 1.54. The lowest BCUT2D eigenvalue weighted by Gasteiger charge is -2.08. The van der Waals surface area contributed by atoms with Gasteiger partial charge in [0, 0.05) is 5.69 Å². The summed E-state index contributed by atoms with van der Waals surface area (Å²) >= 11 is 0. The van der Waals surface area contributed by atoms with Crippen LogP contribution in [0.3, 0.4) is 0 Å². The number of imidazole rings is 1. The van der Waals surface area contributed by atoms with E-state index >= 15 is 0 Å². The Morgan fingerprint density at radius 2 is 1.87 bits per heavy atom. The highest BCUT2D eigenvalue weighted by molar-refractivity contribution is 5.26. The number of aryl methyl sites for hydroxylation is 2. The first-order valence-corrected chi connectivity index (χ1v) is 5.02. The van der Waals surface area contributed by atoms with Gasteiger partial charge in [-0.25, -0.2) is 4.98 Å². The zero-order chi connectivity index (χ0) is 10.8.